The lowest BCUT2D eigenvalue weighted by Gasteiger charge is -2.29. The summed E-state index contributed by atoms with van der Waals surface area (Å²) < 4.78 is 5.68. The summed E-state index contributed by atoms with van der Waals surface area (Å²) in [6.07, 6.45) is -0.158. The van der Waals surface area contributed by atoms with E-state index in [0.29, 0.717) is 18.7 Å². The molecule has 2 rings (SSSR count). The molecule has 0 saturated carbocycles. The molecule has 1 aliphatic rings. The Kier molecular flexibility index (Phi) is 3.10. The number of fused-ring (bicyclic) bond motifs is 1. The first-order valence-corrected chi connectivity index (χ1v) is 5.35. The minimum Gasteiger partial charge on any atom is -0.488 e. The van der Waals surface area contributed by atoms with Crippen molar-refractivity contribution in [3.05, 3.63) is 29.8 Å². The molecule has 1 aromatic carbocycles. The maximum atomic E-state index is 10.8. The van der Waals surface area contributed by atoms with Crippen LogP contribution in [0.4, 0.5) is 0 Å². The SMILES string of the molecule is CC(=O)NC[C@H]1CC(O)c2ccccc2O1. The maximum Gasteiger partial charge on any atom is 0.217 e. The third kappa shape index (κ3) is 2.33. The highest BCUT2D eigenvalue weighted by Crippen LogP contribution is 2.33. The lowest BCUT2D eigenvalue weighted by atomic mass is 9.99. The van der Waals surface area contributed by atoms with E-state index in [0.717, 1.165) is 5.56 Å². The molecule has 1 amide bonds. The van der Waals surface area contributed by atoms with Crippen molar-refractivity contribution in [1.82, 2.24) is 5.32 Å². The minimum absolute atomic E-state index is 0.0862. The van der Waals surface area contributed by atoms with Crippen LogP contribution in [0.1, 0.15) is 25.0 Å². The summed E-state index contributed by atoms with van der Waals surface area (Å²) >= 11 is 0. The molecule has 1 aliphatic heterocycles. The molecule has 0 bridgehead atoms. The molecule has 0 aromatic heterocycles. The van der Waals surface area contributed by atoms with Crippen molar-refractivity contribution in [3.63, 3.8) is 0 Å². The number of aliphatic hydroxyl groups is 1. The molecule has 2 N–H and O–H groups in total. The van der Waals surface area contributed by atoms with Gasteiger partial charge in [-0.1, -0.05) is 18.2 Å². The fourth-order valence-corrected chi connectivity index (χ4v) is 1.85. The molecule has 0 radical (unpaired) electrons. The molecular weight excluding hydrogens is 206 g/mol. The van der Waals surface area contributed by atoms with Gasteiger partial charge in [-0.3, -0.25) is 4.79 Å². The second-order valence-electron chi connectivity index (χ2n) is 3.97. The zero-order valence-corrected chi connectivity index (χ0v) is 9.14. The molecule has 1 heterocycles. The van der Waals surface area contributed by atoms with E-state index in [1.165, 1.54) is 6.92 Å². The third-order valence-corrected chi connectivity index (χ3v) is 2.64. The number of para-hydroxylation sites is 1. The van der Waals surface area contributed by atoms with Crippen molar-refractivity contribution in [2.45, 2.75) is 25.6 Å². The van der Waals surface area contributed by atoms with Crippen molar-refractivity contribution in [2.24, 2.45) is 0 Å². The number of ether oxygens (including phenoxy) is 1. The van der Waals surface area contributed by atoms with Crippen molar-refractivity contribution in [2.75, 3.05) is 6.54 Å². The van der Waals surface area contributed by atoms with Crippen LogP contribution < -0.4 is 10.1 Å². The maximum absolute atomic E-state index is 10.8. The number of benzene rings is 1. The van der Waals surface area contributed by atoms with Gasteiger partial charge in [0.15, 0.2) is 0 Å². The van der Waals surface area contributed by atoms with E-state index >= 15 is 0 Å². The van der Waals surface area contributed by atoms with Gasteiger partial charge in [0, 0.05) is 18.9 Å². The van der Waals surface area contributed by atoms with Gasteiger partial charge in [0.25, 0.3) is 0 Å². The summed E-state index contributed by atoms with van der Waals surface area (Å²) in [6, 6.07) is 7.43. The van der Waals surface area contributed by atoms with Crippen LogP contribution in [-0.4, -0.2) is 23.7 Å². The number of hydrogen-bond donors (Lipinski definition) is 2. The highest BCUT2D eigenvalue weighted by Gasteiger charge is 2.26. The van der Waals surface area contributed by atoms with Crippen molar-refractivity contribution in [3.8, 4) is 5.75 Å². The Hall–Kier alpha value is -1.55. The average molecular weight is 221 g/mol. The largest absolute Gasteiger partial charge is 0.488 e. The van der Waals surface area contributed by atoms with Gasteiger partial charge in [0.1, 0.15) is 11.9 Å². The van der Waals surface area contributed by atoms with E-state index in [2.05, 4.69) is 5.32 Å². The fourth-order valence-electron chi connectivity index (χ4n) is 1.85. The summed E-state index contributed by atoms with van der Waals surface area (Å²) in [6.45, 7) is 1.90. The van der Waals surface area contributed by atoms with Gasteiger partial charge in [-0.15, -0.1) is 0 Å². The molecule has 1 unspecified atom stereocenters. The van der Waals surface area contributed by atoms with Crippen molar-refractivity contribution < 1.29 is 14.6 Å². The summed E-state index contributed by atoms with van der Waals surface area (Å²) in [5.41, 5.74) is 0.821. The highest BCUT2D eigenvalue weighted by atomic mass is 16.5. The number of carbonyl (C=O) groups is 1. The van der Waals surface area contributed by atoms with Crippen molar-refractivity contribution >= 4 is 5.91 Å². The number of aliphatic hydroxyl groups excluding tert-OH is 1. The lowest BCUT2D eigenvalue weighted by molar-refractivity contribution is -0.119. The molecule has 16 heavy (non-hydrogen) atoms. The van der Waals surface area contributed by atoms with E-state index in [-0.39, 0.29) is 12.0 Å². The van der Waals surface area contributed by atoms with Crippen LogP contribution in [0.3, 0.4) is 0 Å². The number of hydrogen-bond acceptors (Lipinski definition) is 3. The molecule has 2 atom stereocenters. The Labute approximate surface area is 94.2 Å². The molecule has 4 heteroatoms. The Morgan fingerprint density at radius 1 is 1.56 bits per heavy atom. The average Bonchev–Trinajstić information content (AvgIpc) is 2.26. The van der Waals surface area contributed by atoms with Gasteiger partial charge in [0.05, 0.1) is 12.6 Å². The number of nitrogens with one attached hydrogen (secondary N) is 1. The minimum atomic E-state index is -0.510. The Morgan fingerprint density at radius 2 is 2.31 bits per heavy atom. The first kappa shape index (κ1) is 11.0. The Balaban J connectivity index is 2.06. The normalized spacial score (nSPS) is 23.1. The number of carbonyl (C=O) groups excluding carboxylic acids is 1. The van der Waals surface area contributed by atoms with Crippen LogP contribution in [0.5, 0.6) is 5.75 Å². The standard InChI is InChI=1S/C12H15NO3/c1-8(14)13-7-9-6-11(15)10-4-2-3-5-12(10)16-9/h2-5,9,11,15H,6-7H2,1H3,(H,13,14)/t9-,11?/m1/s1. The van der Waals surface area contributed by atoms with Crippen LogP contribution in [0.25, 0.3) is 0 Å². The second kappa shape index (κ2) is 4.53. The van der Waals surface area contributed by atoms with Crippen LogP contribution in [0, 0.1) is 0 Å². The fraction of sp³-hybridized carbons (Fsp3) is 0.417. The number of rotatable bonds is 2. The Morgan fingerprint density at radius 3 is 3.06 bits per heavy atom. The van der Waals surface area contributed by atoms with Gasteiger partial charge in [-0.25, -0.2) is 0 Å². The molecule has 0 saturated heterocycles. The quantitative estimate of drug-likeness (QED) is 0.783. The van der Waals surface area contributed by atoms with E-state index in [4.69, 9.17) is 4.74 Å². The smallest absolute Gasteiger partial charge is 0.217 e. The summed E-state index contributed by atoms with van der Waals surface area (Å²) in [4.78, 5) is 10.8. The zero-order chi connectivity index (χ0) is 11.5. The molecule has 86 valence electrons. The van der Waals surface area contributed by atoms with Gasteiger partial charge in [-0.2, -0.15) is 0 Å². The first-order chi connectivity index (χ1) is 7.66. The first-order valence-electron chi connectivity index (χ1n) is 5.35. The van der Waals surface area contributed by atoms with E-state index < -0.39 is 6.10 Å². The summed E-state index contributed by atoms with van der Waals surface area (Å²) in [7, 11) is 0. The third-order valence-electron chi connectivity index (χ3n) is 2.64. The van der Waals surface area contributed by atoms with E-state index in [1.807, 2.05) is 24.3 Å². The van der Waals surface area contributed by atoms with Gasteiger partial charge in [-0.05, 0) is 6.07 Å². The molecule has 4 nitrogen and oxygen atoms in total. The predicted octanol–water partition coefficient (Wildman–Crippen LogP) is 1.01. The van der Waals surface area contributed by atoms with E-state index in [9.17, 15) is 9.90 Å². The summed E-state index contributed by atoms with van der Waals surface area (Å²) in [5, 5.41) is 12.6. The molecule has 0 aliphatic carbocycles. The van der Waals surface area contributed by atoms with Crippen LogP contribution in [-0.2, 0) is 4.79 Å². The van der Waals surface area contributed by atoms with Gasteiger partial charge < -0.3 is 15.2 Å². The van der Waals surface area contributed by atoms with Crippen LogP contribution in [0.15, 0.2) is 24.3 Å². The lowest BCUT2D eigenvalue weighted by Crippen LogP contribution is -2.37. The van der Waals surface area contributed by atoms with Crippen molar-refractivity contribution in [1.29, 1.82) is 0 Å². The van der Waals surface area contributed by atoms with Gasteiger partial charge >= 0.3 is 0 Å². The van der Waals surface area contributed by atoms with Crippen LogP contribution in [0.2, 0.25) is 0 Å². The molecule has 0 fully saturated rings. The van der Waals surface area contributed by atoms with Crippen LogP contribution >= 0.6 is 0 Å². The number of amides is 1. The zero-order valence-electron chi connectivity index (χ0n) is 9.14. The molecule has 0 spiro atoms. The highest BCUT2D eigenvalue weighted by molar-refractivity contribution is 5.72. The second-order valence-corrected chi connectivity index (χ2v) is 3.97. The monoisotopic (exact) mass is 221 g/mol. The summed E-state index contributed by atoms with van der Waals surface area (Å²) in [5.74, 6) is 0.619. The van der Waals surface area contributed by atoms with Gasteiger partial charge in [0.2, 0.25) is 5.91 Å². The topological polar surface area (TPSA) is 58.6 Å². The molecule has 1 aromatic rings. The molecular formula is C12H15NO3. The van der Waals surface area contributed by atoms with E-state index in [1.54, 1.807) is 0 Å². The Bertz CT molecular complexity index is 392. The predicted molar refractivity (Wildman–Crippen MR) is 59.1 cm³/mol.